The van der Waals surface area contributed by atoms with E-state index in [0.717, 1.165) is 19.2 Å². The van der Waals surface area contributed by atoms with Gasteiger partial charge in [-0.05, 0) is 26.0 Å². The topological polar surface area (TPSA) is 39.1 Å². The molecule has 0 saturated heterocycles. The molecule has 0 unspecified atom stereocenters. The van der Waals surface area contributed by atoms with E-state index in [0.29, 0.717) is 10.8 Å². The van der Waals surface area contributed by atoms with Gasteiger partial charge in [0.05, 0.1) is 20.2 Å². The first-order chi connectivity index (χ1) is 8.49. The summed E-state index contributed by atoms with van der Waals surface area (Å²) in [5, 5.41) is 1.29. The molecule has 3 heterocycles. The Morgan fingerprint density at radius 2 is 1.28 bits per heavy atom. The molecule has 0 spiro atoms. The molecular weight excluding hydrogens is 266 g/mol. The molecule has 0 saturated carbocycles. The minimum Gasteiger partial charge on any atom is -0.277 e. The normalized spacial score (nSPS) is 11.5. The standard InChI is InChI=1S/C13H11NO2S2/c1-6-4-8-10(17-6)11-9(5-7(2)18-11)13(16)14(3)12(8)15/h4-5H,1-3H3. The first-order valence-corrected chi connectivity index (χ1v) is 7.16. The van der Waals surface area contributed by atoms with Crippen molar-refractivity contribution in [3.8, 4) is 0 Å². The van der Waals surface area contributed by atoms with Gasteiger partial charge in [-0.2, -0.15) is 0 Å². The van der Waals surface area contributed by atoms with Gasteiger partial charge in [0.1, 0.15) is 0 Å². The van der Waals surface area contributed by atoms with Crippen LogP contribution in [0.5, 0.6) is 0 Å². The van der Waals surface area contributed by atoms with Crippen LogP contribution in [-0.4, -0.2) is 4.57 Å². The fourth-order valence-electron chi connectivity index (χ4n) is 2.14. The van der Waals surface area contributed by atoms with Gasteiger partial charge in [-0.25, -0.2) is 0 Å². The molecule has 18 heavy (non-hydrogen) atoms. The van der Waals surface area contributed by atoms with Crippen LogP contribution in [0.4, 0.5) is 0 Å². The Kier molecular flexibility index (Phi) is 2.43. The van der Waals surface area contributed by atoms with E-state index >= 15 is 0 Å². The molecule has 0 aliphatic carbocycles. The second-order valence-electron chi connectivity index (χ2n) is 4.37. The summed E-state index contributed by atoms with van der Waals surface area (Å²) in [4.78, 5) is 26.6. The van der Waals surface area contributed by atoms with Crippen LogP contribution in [0.3, 0.4) is 0 Å². The Morgan fingerprint density at radius 1 is 0.889 bits per heavy atom. The minimum absolute atomic E-state index is 0.208. The number of hydrogen-bond acceptors (Lipinski definition) is 4. The lowest BCUT2D eigenvalue weighted by molar-refractivity contribution is 0.845. The van der Waals surface area contributed by atoms with E-state index in [1.54, 1.807) is 29.7 Å². The Morgan fingerprint density at radius 3 is 1.67 bits per heavy atom. The molecule has 3 nitrogen and oxygen atoms in total. The lowest BCUT2D eigenvalue weighted by atomic mass is 10.3. The molecule has 3 aromatic heterocycles. The number of nitrogens with zero attached hydrogens (tertiary/aromatic N) is 1. The second-order valence-corrected chi connectivity index (χ2v) is 6.88. The Labute approximate surface area is 111 Å². The Bertz CT molecular complexity index is 826. The van der Waals surface area contributed by atoms with Gasteiger partial charge >= 0.3 is 0 Å². The molecule has 0 aromatic carbocycles. The van der Waals surface area contributed by atoms with Crippen LogP contribution < -0.4 is 11.1 Å². The summed E-state index contributed by atoms with van der Waals surface area (Å²) >= 11 is 3.16. The van der Waals surface area contributed by atoms with Crippen LogP contribution >= 0.6 is 22.7 Å². The number of hydrogen-bond donors (Lipinski definition) is 0. The molecule has 3 aromatic rings. The quantitative estimate of drug-likeness (QED) is 0.634. The summed E-state index contributed by atoms with van der Waals surface area (Å²) in [6.45, 7) is 3.96. The molecule has 0 amide bonds. The number of thiophene rings is 2. The van der Waals surface area contributed by atoms with Gasteiger partial charge in [-0.1, -0.05) is 0 Å². The van der Waals surface area contributed by atoms with E-state index in [1.165, 1.54) is 4.57 Å². The van der Waals surface area contributed by atoms with Gasteiger partial charge < -0.3 is 0 Å². The summed E-state index contributed by atoms with van der Waals surface area (Å²) in [5.41, 5.74) is -0.416. The lowest BCUT2D eigenvalue weighted by Crippen LogP contribution is -2.26. The van der Waals surface area contributed by atoms with Crippen LogP contribution in [0, 0.1) is 13.8 Å². The van der Waals surface area contributed by atoms with Crippen molar-refractivity contribution >= 4 is 42.8 Å². The Hall–Kier alpha value is -1.46. The van der Waals surface area contributed by atoms with Gasteiger partial charge in [0.2, 0.25) is 0 Å². The van der Waals surface area contributed by atoms with Crippen LogP contribution in [0.15, 0.2) is 21.7 Å². The SMILES string of the molecule is Cc1cc2c(=O)n(C)c(=O)c3cc(C)sc3c2s1. The predicted molar refractivity (Wildman–Crippen MR) is 78.2 cm³/mol. The van der Waals surface area contributed by atoms with Crippen molar-refractivity contribution in [3.05, 3.63) is 42.6 Å². The monoisotopic (exact) mass is 277 g/mol. The fraction of sp³-hybridized carbons (Fsp3) is 0.231. The summed E-state index contributed by atoms with van der Waals surface area (Å²) in [6, 6.07) is 3.74. The first kappa shape index (κ1) is 11.6. The van der Waals surface area contributed by atoms with Crippen molar-refractivity contribution in [1.82, 2.24) is 4.57 Å². The Balaban J connectivity index is 2.82. The van der Waals surface area contributed by atoms with Crippen LogP contribution in [0.2, 0.25) is 0 Å². The van der Waals surface area contributed by atoms with Crippen LogP contribution in [-0.2, 0) is 7.05 Å². The van der Waals surface area contributed by atoms with E-state index in [-0.39, 0.29) is 11.1 Å². The number of aryl methyl sites for hydroxylation is 2. The zero-order valence-electron chi connectivity index (χ0n) is 10.2. The van der Waals surface area contributed by atoms with Crippen LogP contribution in [0.1, 0.15) is 9.75 Å². The van der Waals surface area contributed by atoms with Crippen molar-refractivity contribution in [3.63, 3.8) is 0 Å². The highest BCUT2D eigenvalue weighted by molar-refractivity contribution is 7.27. The van der Waals surface area contributed by atoms with Crippen molar-refractivity contribution in [2.75, 3.05) is 0 Å². The molecule has 5 heteroatoms. The summed E-state index contributed by atoms with van der Waals surface area (Å²) in [5.74, 6) is 0. The molecule has 3 rings (SSSR count). The first-order valence-electron chi connectivity index (χ1n) is 5.52. The van der Waals surface area contributed by atoms with E-state index < -0.39 is 0 Å². The summed E-state index contributed by atoms with van der Waals surface area (Å²) in [7, 11) is 1.55. The molecule has 0 radical (unpaired) electrons. The smallest absolute Gasteiger partial charge is 0.261 e. The third-order valence-corrected chi connectivity index (χ3v) is 5.25. The molecule has 0 fully saturated rings. The molecule has 92 valence electrons. The summed E-state index contributed by atoms with van der Waals surface area (Å²) < 4.78 is 3.08. The average Bonchev–Trinajstić information content (AvgIpc) is 2.87. The van der Waals surface area contributed by atoms with E-state index in [9.17, 15) is 9.59 Å². The van der Waals surface area contributed by atoms with Crippen molar-refractivity contribution in [1.29, 1.82) is 0 Å². The molecule has 0 N–H and O–H groups in total. The lowest BCUT2D eigenvalue weighted by Gasteiger charge is -1.87. The van der Waals surface area contributed by atoms with Gasteiger partial charge in [0, 0.05) is 16.8 Å². The maximum absolute atomic E-state index is 12.2. The molecule has 0 bridgehead atoms. The molecular formula is C13H11NO2S2. The highest BCUT2D eigenvalue weighted by atomic mass is 32.1. The second kappa shape index (κ2) is 3.76. The molecule has 0 aliphatic heterocycles. The highest BCUT2D eigenvalue weighted by Crippen LogP contribution is 2.32. The zero-order valence-corrected chi connectivity index (χ0v) is 11.9. The average molecular weight is 277 g/mol. The van der Waals surface area contributed by atoms with Crippen LogP contribution in [0.25, 0.3) is 20.2 Å². The molecule has 0 atom stereocenters. The molecule has 0 aliphatic rings. The third-order valence-electron chi connectivity index (χ3n) is 2.99. The van der Waals surface area contributed by atoms with E-state index in [1.807, 2.05) is 26.0 Å². The number of aromatic nitrogens is 1. The van der Waals surface area contributed by atoms with Crippen molar-refractivity contribution in [2.24, 2.45) is 7.05 Å². The maximum atomic E-state index is 12.2. The van der Waals surface area contributed by atoms with Crippen molar-refractivity contribution in [2.45, 2.75) is 13.8 Å². The van der Waals surface area contributed by atoms with E-state index in [2.05, 4.69) is 0 Å². The van der Waals surface area contributed by atoms with Crippen molar-refractivity contribution < 1.29 is 0 Å². The van der Waals surface area contributed by atoms with Gasteiger partial charge in [-0.3, -0.25) is 14.2 Å². The fourth-order valence-corrected chi connectivity index (χ4v) is 4.30. The maximum Gasteiger partial charge on any atom is 0.261 e. The van der Waals surface area contributed by atoms with Gasteiger partial charge in [0.25, 0.3) is 11.1 Å². The largest absolute Gasteiger partial charge is 0.277 e. The third kappa shape index (κ3) is 1.47. The van der Waals surface area contributed by atoms with E-state index in [4.69, 9.17) is 0 Å². The number of fused-ring (bicyclic) bond motifs is 3. The van der Waals surface area contributed by atoms with Gasteiger partial charge in [0.15, 0.2) is 0 Å². The summed E-state index contributed by atoms with van der Waals surface area (Å²) in [6.07, 6.45) is 0. The highest BCUT2D eigenvalue weighted by Gasteiger charge is 2.13. The minimum atomic E-state index is -0.208. The zero-order chi connectivity index (χ0) is 13.0. The number of rotatable bonds is 0. The van der Waals surface area contributed by atoms with Gasteiger partial charge in [-0.15, -0.1) is 22.7 Å². The predicted octanol–water partition coefficient (Wildman–Crippen LogP) is 2.79.